The number of rotatable bonds is 7. The van der Waals surface area contributed by atoms with Crippen molar-refractivity contribution < 1.29 is 0 Å². The molecule has 78 valence electrons. The molecule has 0 heterocycles. The van der Waals surface area contributed by atoms with E-state index < -0.39 is 0 Å². The Balaban J connectivity index is 3.88. The normalized spacial score (nSPS) is 15.8. The fourth-order valence-corrected chi connectivity index (χ4v) is 1.71. The second-order valence-electron chi connectivity index (χ2n) is 4.14. The zero-order chi connectivity index (χ0) is 10.3. The summed E-state index contributed by atoms with van der Waals surface area (Å²) in [4.78, 5) is 0. The van der Waals surface area contributed by atoms with Gasteiger partial charge in [-0.2, -0.15) is 11.8 Å². The van der Waals surface area contributed by atoms with Gasteiger partial charge in [-0.05, 0) is 23.8 Å². The molecule has 0 saturated heterocycles. The van der Waals surface area contributed by atoms with Crippen LogP contribution in [0, 0.1) is 5.41 Å². The molecule has 0 rings (SSSR count). The molecule has 0 aliphatic heterocycles. The fraction of sp³-hybridized carbons (Fsp3) is 0.818. The summed E-state index contributed by atoms with van der Waals surface area (Å²) in [7, 11) is 0. The van der Waals surface area contributed by atoms with E-state index in [0.29, 0.717) is 6.04 Å². The molecule has 0 aliphatic rings. The molecule has 0 radical (unpaired) electrons. The Morgan fingerprint density at radius 3 is 2.54 bits per heavy atom. The van der Waals surface area contributed by atoms with Crippen molar-refractivity contribution >= 4 is 11.8 Å². The highest BCUT2D eigenvalue weighted by atomic mass is 32.2. The minimum atomic E-state index is 0.257. The molecule has 0 aromatic rings. The molecule has 13 heavy (non-hydrogen) atoms. The first-order valence-electron chi connectivity index (χ1n) is 4.90. The van der Waals surface area contributed by atoms with Crippen LogP contribution in [-0.4, -0.2) is 24.6 Å². The topological polar surface area (TPSA) is 12.0 Å². The first kappa shape index (κ1) is 13.1. The van der Waals surface area contributed by atoms with Gasteiger partial charge in [0.1, 0.15) is 0 Å². The van der Waals surface area contributed by atoms with Gasteiger partial charge in [0.05, 0.1) is 0 Å². The van der Waals surface area contributed by atoms with E-state index in [1.165, 1.54) is 12.2 Å². The van der Waals surface area contributed by atoms with Crippen molar-refractivity contribution in [1.29, 1.82) is 0 Å². The molecule has 2 heteroatoms. The van der Waals surface area contributed by atoms with Gasteiger partial charge < -0.3 is 5.32 Å². The molecule has 0 aromatic heterocycles. The van der Waals surface area contributed by atoms with E-state index in [1.54, 1.807) is 0 Å². The highest BCUT2D eigenvalue weighted by Gasteiger charge is 2.19. The lowest BCUT2D eigenvalue weighted by molar-refractivity contribution is 0.367. The summed E-state index contributed by atoms with van der Waals surface area (Å²) >= 11 is 1.90. The zero-order valence-corrected chi connectivity index (χ0v) is 10.2. The van der Waals surface area contributed by atoms with Gasteiger partial charge in [-0.25, -0.2) is 0 Å². The minimum Gasteiger partial charge on any atom is -0.314 e. The number of hydrogen-bond donors (Lipinski definition) is 1. The Morgan fingerprint density at radius 2 is 2.15 bits per heavy atom. The average Bonchev–Trinajstić information content (AvgIpc) is 2.11. The summed E-state index contributed by atoms with van der Waals surface area (Å²) in [6.07, 6.45) is 5.44. The molecule has 0 saturated carbocycles. The van der Waals surface area contributed by atoms with Crippen LogP contribution in [0.5, 0.6) is 0 Å². The second-order valence-corrected chi connectivity index (χ2v) is 5.12. The molecule has 0 spiro atoms. The van der Waals surface area contributed by atoms with Gasteiger partial charge in [-0.1, -0.05) is 26.8 Å². The van der Waals surface area contributed by atoms with Crippen LogP contribution in [0.2, 0.25) is 0 Å². The molecule has 0 fully saturated rings. The van der Waals surface area contributed by atoms with E-state index in [2.05, 4.69) is 45.0 Å². The molecule has 0 amide bonds. The average molecular weight is 201 g/mol. The molecule has 1 unspecified atom stereocenters. The Kier molecular flexibility index (Phi) is 6.52. The van der Waals surface area contributed by atoms with E-state index in [9.17, 15) is 0 Å². The zero-order valence-electron chi connectivity index (χ0n) is 9.39. The highest BCUT2D eigenvalue weighted by Crippen LogP contribution is 2.23. The summed E-state index contributed by atoms with van der Waals surface area (Å²) in [5.74, 6) is 1.21. The molecule has 1 N–H and O–H groups in total. The standard InChI is InChI=1S/C11H23NS/c1-6-11(4,7-8-13-5)9-12-10(2)3/h6,10,12H,1,7-9H2,2-5H3. The van der Waals surface area contributed by atoms with E-state index in [1.807, 2.05) is 11.8 Å². The van der Waals surface area contributed by atoms with Gasteiger partial charge in [-0.15, -0.1) is 6.58 Å². The Morgan fingerprint density at radius 1 is 1.54 bits per heavy atom. The van der Waals surface area contributed by atoms with E-state index in [0.717, 1.165) is 6.54 Å². The monoisotopic (exact) mass is 201 g/mol. The summed E-state index contributed by atoms with van der Waals surface area (Å²) in [5, 5.41) is 3.47. The minimum absolute atomic E-state index is 0.257. The second kappa shape index (κ2) is 6.50. The van der Waals surface area contributed by atoms with Crippen molar-refractivity contribution in [3.8, 4) is 0 Å². The third-order valence-electron chi connectivity index (χ3n) is 2.28. The van der Waals surface area contributed by atoms with Crippen LogP contribution in [0.4, 0.5) is 0 Å². The van der Waals surface area contributed by atoms with Crippen LogP contribution < -0.4 is 5.32 Å². The molecule has 0 aromatic carbocycles. The molecule has 1 nitrogen and oxygen atoms in total. The Bertz CT molecular complexity index is 145. The highest BCUT2D eigenvalue weighted by molar-refractivity contribution is 7.98. The first-order chi connectivity index (χ1) is 6.04. The third-order valence-corrected chi connectivity index (χ3v) is 2.90. The van der Waals surface area contributed by atoms with Crippen LogP contribution in [-0.2, 0) is 0 Å². The lowest BCUT2D eigenvalue weighted by Crippen LogP contribution is -2.34. The Labute approximate surface area is 87.4 Å². The number of hydrogen-bond acceptors (Lipinski definition) is 2. The quantitative estimate of drug-likeness (QED) is 0.636. The number of thioether (sulfide) groups is 1. The third kappa shape index (κ3) is 6.17. The largest absolute Gasteiger partial charge is 0.314 e. The Hall–Kier alpha value is 0.0500. The lowest BCUT2D eigenvalue weighted by Gasteiger charge is -2.27. The lowest BCUT2D eigenvalue weighted by atomic mass is 9.87. The van der Waals surface area contributed by atoms with Crippen molar-refractivity contribution in [2.45, 2.75) is 33.2 Å². The summed E-state index contributed by atoms with van der Waals surface area (Å²) in [5.41, 5.74) is 0.257. The van der Waals surface area contributed by atoms with Crippen LogP contribution in [0.3, 0.4) is 0 Å². The van der Waals surface area contributed by atoms with Crippen LogP contribution in [0.15, 0.2) is 12.7 Å². The predicted octanol–water partition coefficient (Wildman–Crippen LogP) is 2.93. The van der Waals surface area contributed by atoms with Crippen molar-refractivity contribution in [3.05, 3.63) is 12.7 Å². The van der Waals surface area contributed by atoms with Crippen molar-refractivity contribution in [2.75, 3.05) is 18.6 Å². The first-order valence-corrected chi connectivity index (χ1v) is 6.29. The molecule has 0 aliphatic carbocycles. The predicted molar refractivity (Wildman–Crippen MR) is 64.4 cm³/mol. The van der Waals surface area contributed by atoms with E-state index >= 15 is 0 Å². The maximum atomic E-state index is 3.91. The van der Waals surface area contributed by atoms with E-state index in [4.69, 9.17) is 0 Å². The number of nitrogens with one attached hydrogen (secondary N) is 1. The van der Waals surface area contributed by atoms with Gasteiger partial charge in [0.2, 0.25) is 0 Å². The van der Waals surface area contributed by atoms with Crippen LogP contribution in [0.1, 0.15) is 27.2 Å². The SMILES string of the molecule is C=CC(C)(CCSC)CNC(C)C. The van der Waals surface area contributed by atoms with Gasteiger partial charge in [0.25, 0.3) is 0 Å². The molecular formula is C11H23NS. The van der Waals surface area contributed by atoms with Crippen molar-refractivity contribution in [2.24, 2.45) is 5.41 Å². The molecule has 1 atom stereocenters. The summed E-state index contributed by atoms with van der Waals surface area (Å²) in [6.45, 7) is 11.6. The van der Waals surface area contributed by atoms with Crippen molar-refractivity contribution in [1.82, 2.24) is 5.32 Å². The maximum Gasteiger partial charge on any atom is 0.00424 e. The van der Waals surface area contributed by atoms with Crippen molar-refractivity contribution in [3.63, 3.8) is 0 Å². The van der Waals surface area contributed by atoms with Gasteiger partial charge in [0.15, 0.2) is 0 Å². The smallest absolute Gasteiger partial charge is 0.00424 e. The van der Waals surface area contributed by atoms with Gasteiger partial charge in [0, 0.05) is 12.6 Å². The van der Waals surface area contributed by atoms with Crippen LogP contribution in [0.25, 0.3) is 0 Å². The molecule has 0 bridgehead atoms. The van der Waals surface area contributed by atoms with E-state index in [-0.39, 0.29) is 5.41 Å². The summed E-state index contributed by atoms with van der Waals surface area (Å²) in [6, 6.07) is 0.563. The molecular weight excluding hydrogens is 178 g/mol. The fourth-order valence-electron chi connectivity index (χ4n) is 1.04. The summed E-state index contributed by atoms with van der Waals surface area (Å²) < 4.78 is 0. The van der Waals surface area contributed by atoms with Crippen LogP contribution >= 0.6 is 11.8 Å². The van der Waals surface area contributed by atoms with Gasteiger partial charge >= 0.3 is 0 Å². The van der Waals surface area contributed by atoms with Gasteiger partial charge in [-0.3, -0.25) is 0 Å². The maximum absolute atomic E-state index is 3.91.